The Labute approximate surface area is 147 Å². The third-order valence-electron chi connectivity index (χ3n) is 3.71. The zero-order chi connectivity index (χ0) is 16.2. The van der Waals surface area contributed by atoms with Gasteiger partial charge in [0.1, 0.15) is 0 Å². The van der Waals surface area contributed by atoms with Crippen molar-refractivity contribution in [1.29, 1.82) is 0 Å². The summed E-state index contributed by atoms with van der Waals surface area (Å²) in [5.74, 6) is 2.54. The maximum Gasteiger partial charge on any atom is 0.00581 e. The molecule has 0 radical (unpaired) electrons. The van der Waals surface area contributed by atoms with Crippen LogP contribution in [0.2, 0.25) is 0 Å². The van der Waals surface area contributed by atoms with Crippen LogP contribution in [0.1, 0.15) is 19.8 Å². The van der Waals surface area contributed by atoms with Crippen molar-refractivity contribution in [3.05, 3.63) is 60.7 Å². The van der Waals surface area contributed by atoms with Gasteiger partial charge in [0.25, 0.3) is 0 Å². The van der Waals surface area contributed by atoms with E-state index in [4.69, 9.17) is 0 Å². The van der Waals surface area contributed by atoms with Crippen LogP contribution in [0.25, 0.3) is 0 Å². The zero-order valence-electron chi connectivity index (χ0n) is 14.1. The molecule has 23 heavy (non-hydrogen) atoms. The fraction of sp³-hybridized carbons (Fsp3) is 0.400. The lowest BCUT2D eigenvalue weighted by Gasteiger charge is -2.19. The average molecular weight is 345 g/mol. The molecule has 0 saturated heterocycles. The first-order chi connectivity index (χ1) is 11.4. The van der Waals surface area contributed by atoms with E-state index in [1.807, 2.05) is 0 Å². The molecule has 0 spiro atoms. The number of benzene rings is 2. The van der Waals surface area contributed by atoms with Crippen molar-refractivity contribution in [1.82, 2.24) is 5.32 Å². The predicted molar refractivity (Wildman–Crippen MR) is 109 cm³/mol. The van der Waals surface area contributed by atoms with Crippen LogP contribution in [0.4, 0.5) is 0 Å². The smallest absolute Gasteiger partial charge is 0.00581 e. The van der Waals surface area contributed by atoms with E-state index >= 15 is 0 Å². The molecule has 0 bridgehead atoms. The van der Waals surface area contributed by atoms with Gasteiger partial charge in [0.15, 0.2) is 0 Å². The SMILES string of the molecule is CCCCSCCNCCP(c1ccccc1)c1ccccc1. The fourth-order valence-electron chi connectivity index (χ4n) is 2.43. The van der Waals surface area contributed by atoms with Crippen LogP contribution >= 0.6 is 19.7 Å². The van der Waals surface area contributed by atoms with Crippen molar-refractivity contribution in [3.63, 3.8) is 0 Å². The van der Waals surface area contributed by atoms with E-state index < -0.39 is 0 Å². The molecular weight excluding hydrogens is 317 g/mol. The predicted octanol–water partition coefficient (Wildman–Crippen LogP) is 4.24. The first-order valence-corrected chi connectivity index (χ1v) is 11.3. The number of nitrogens with one attached hydrogen (secondary N) is 1. The maximum absolute atomic E-state index is 3.63. The third-order valence-corrected chi connectivity index (χ3v) is 7.30. The van der Waals surface area contributed by atoms with Gasteiger partial charge in [-0.2, -0.15) is 11.8 Å². The highest BCUT2D eigenvalue weighted by Crippen LogP contribution is 2.32. The molecule has 2 rings (SSSR count). The van der Waals surface area contributed by atoms with Gasteiger partial charge in [0, 0.05) is 12.3 Å². The Morgan fingerprint density at radius 2 is 1.43 bits per heavy atom. The highest BCUT2D eigenvalue weighted by atomic mass is 32.2. The number of rotatable bonds is 11. The largest absolute Gasteiger partial charge is 0.316 e. The molecule has 0 aliphatic heterocycles. The topological polar surface area (TPSA) is 12.0 Å². The lowest BCUT2D eigenvalue weighted by atomic mass is 10.4. The van der Waals surface area contributed by atoms with Gasteiger partial charge in [0.2, 0.25) is 0 Å². The van der Waals surface area contributed by atoms with Gasteiger partial charge in [-0.25, -0.2) is 0 Å². The Hall–Kier alpha value is -0.820. The van der Waals surface area contributed by atoms with Crippen molar-refractivity contribution in [2.75, 3.05) is 30.8 Å². The average Bonchev–Trinajstić information content (AvgIpc) is 2.62. The molecule has 1 N–H and O–H groups in total. The van der Waals surface area contributed by atoms with E-state index in [0.29, 0.717) is 0 Å². The minimum atomic E-state index is -0.250. The monoisotopic (exact) mass is 345 g/mol. The summed E-state index contributed by atoms with van der Waals surface area (Å²) in [6.07, 6.45) is 3.86. The molecule has 124 valence electrons. The Bertz CT molecular complexity index is 478. The first-order valence-electron chi connectivity index (χ1n) is 8.58. The van der Waals surface area contributed by atoms with Gasteiger partial charge in [-0.1, -0.05) is 74.0 Å². The summed E-state index contributed by atoms with van der Waals surface area (Å²) in [5, 5.41) is 6.59. The summed E-state index contributed by atoms with van der Waals surface area (Å²) in [6, 6.07) is 22.0. The van der Waals surface area contributed by atoms with Gasteiger partial charge in [0.05, 0.1) is 0 Å². The lowest BCUT2D eigenvalue weighted by molar-refractivity contribution is 0.772. The van der Waals surface area contributed by atoms with Gasteiger partial charge in [-0.3, -0.25) is 0 Å². The molecule has 2 aromatic rings. The summed E-state index contributed by atoms with van der Waals surface area (Å²) in [5.41, 5.74) is 0. The van der Waals surface area contributed by atoms with Crippen LogP contribution in [0, 0.1) is 0 Å². The number of hydrogen-bond acceptors (Lipinski definition) is 2. The fourth-order valence-corrected chi connectivity index (χ4v) is 5.68. The van der Waals surface area contributed by atoms with Gasteiger partial charge < -0.3 is 5.32 Å². The van der Waals surface area contributed by atoms with Crippen LogP contribution in [-0.4, -0.2) is 30.8 Å². The van der Waals surface area contributed by atoms with E-state index in [1.54, 1.807) is 0 Å². The summed E-state index contributed by atoms with van der Waals surface area (Å²) in [6.45, 7) is 4.49. The summed E-state index contributed by atoms with van der Waals surface area (Å²) in [7, 11) is -0.250. The van der Waals surface area contributed by atoms with Gasteiger partial charge >= 0.3 is 0 Å². The minimum Gasteiger partial charge on any atom is -0.316 e. The van der Waals surface area contributed by atoms with E-state index in [-0.39, 0.29) is 7.92 Å². The van der Waals surface area contributed by atoms with Crippen LogP contribution in [0.5, 0.6) is 0 Å². The van der Waals surface area contributed by atoms with Gasteiger partial charge in [-0.15, -0.1) is 0 Å². The lowest BCUT2D eigenvalue weighted by Crippen LogP contribution is -2.24. The number of thioether (sulfide) groups is 1. The van der Waals surface area contributed by atoms with Crippen molar-refractivity contribution in [3.8, 4) is 0 Å². The highest BCUT2D eigenvalue weighted by molar-refractivity contribution is 7.99. The molecule has 0 saturated carbocycles. The van der Waals surface area contributed by atoms with Crippen LogP contribution in [0.3, 0.4) is 0 Å². The van der Waals surface area contributed by atoms with E-state index in [0.717, 1.165) is 13.1 Å². The van der Waals surface area contributed by atoms with Crippen molar-refractivity contribution in [2.45, 2.75) is 19.8 Å². The molecule has 0 aromatic heterocycles. The van der Waals surface area contributed by atoms with Gasteiger partial charge in [-0.05, 0) is 43.4 Å². The molecular formula is C20H28NPS. The molecule has 0 amide bonds. The molecule has 0 heterocycles. The Kier molecular flexibility index (Phi) is 9.40. The maximum atomic E-state index is 3.63. The first kappa shape index (κ1) is 18.5. The van der Waals surface area contributed by atoms with Crippen LogP contribution in [0.15, 0.2) is 60.7 Å². The summed E-state index contributed by atoms with van der Waals surface area (Å²) >= 11 is 2.07. The summed E-state index contributed by atoms with van der Waals surface area (Å²) in [4.78, 5) is 0. The summed E-state index contributed by atoms with van der Waals surface area (Å²) < 4.78 is 0. The number of hydrogen-bond donors (Lipinski definition) is 1. The second kappa shape index (κ2) is 11.7. The quantitative estimate of drug-likeness (QED) is 0.483. The molecule has 0 atom stereocenters. The Morgan fingerprint density at radius 1 is 0.826 bits per heavy atom. The minimum absolute atomic E-state index is 0.250. The second-order valence-electron chi connectivity index (χ2n) is 5.54. The normalized spacial score (nSPS) is 11.0. The van der Waals surface area contributed by atoms with Crippen molar-refractivity contribution >= 4 is 30.3 Å². The van der Waals surface area contributed by atoms with E-state index in [2.05, 4.69) is 84.7 Å². The standard InChI is InChI=1S/C20H28NPS/c1-2-3-17-23-18-15-21-14-16-22(19-10-6-4-7-11-19)20-12-8-5-9-13-20/h4-13,21H,2-3,14-18H2,1H3. The molecule has 2 aromatic carbocycles. The second-order valence-corrected chi connectivity index (χ2v) is 9.10. The van der Waals surface area contributed by atoms with Crippen molar-refractivity contribution in [2.24, 2.45) is 0 Å². The van der Waals surface area contributed by atoms with E-state index in [1.165, 1.54) is 41.1 Å². The molecule has 1 nitrogen and oxygen atoms in total. The Balaban J connectivity index is 1.80. The molecule has 0 aliphatic carbocycles. The molecule has 0 aliphatic rings. The molecule has 0 fully saturated rings. The third kappa shape index (κ3) is 7.08. The molecule has 0 unspecified atom stereocenters. The van der Waals surface area contributed by atoms with Crippen LogP contribution in [-0.2, 0) is 0 Å². The Morgan fingerprint density at radius 3 is 2.00 bits per heavy atom. The number of unbranched alkanes of at least 4 members (excludes halogenated alkanes) is 1. The van der Waals surface area contributed by atoms with Crippen LogP contribution < -0.4 is 15.9 Å². The van der Waals surface area contributed by atoms with Crippen molar-refractivity contribution < 1.29 is 0 Å². The highest BCUT2D eigenvalue weighted by Gasteiger charge is 2.12. The molecule has 3 heteroatoms. The zero-order valence-corrected chi connectivity index (χ0v) is 15.8. The van der Waals surface area contributed by atoms with E-state index in [9.17, 15) is 0 Å².